The number of ether oxygens (including phenoxy) is 2. The highest BCUT2D eigenvalue weighted by Gasteiger charge is 2.42. The van der Waals surface area contributed by atoms with Gasteiger partial charge in [0.05, 0.1) is 19.6 Å². The maximum Gasteiger partial charge on any atom is 0.225 e. The normalized spacial score (nSPS) is 22.8. The van der Waals surface area contributed by atoms with E-state index in [0.717, 1.165) is 32.4 Å². The molecular weight excluding hydrogens is 363 g/mol. The Labute approximate surface area is 165 Å². The molecule has 2 amide bonds. The van der Waals surface area contributed by atoms with Gasteiger partial charge in [0, 0.05) is 26.1 Å². The van der Waals surface area contributed by atoms with Crippen molar-refractivity contribution in [2.45, 2.75) is 44.6 Å². The summed E-state index contributed by atoms with van der Waals surface area (Å²) in [6.07, 6.45) is 3.77. The monoisotopic (exact) mass is 392 g/mol. The van der Waals surface area contributed by atoms with E-state index >= 15 is 0 Å². The van der Waals surface area contributed by atoms with Gasteiger partial charge in [0.15, 0.2) is 0 Å². The lowest BCUT2D eigenvalue weighted by atomic mass is 9.96. The summed E-state index contributed by atoms with van der Waals surface area (Å²) in [5, 5.41) is 0. The number of nitrogens with zero attached hydrogens (tertiary/aromatic N) is 2. The van der Waals surface area contributed by atoms with Gasteiger partial charge in [-0.15, -0.1) is 0 Å². The molecule has 1 aromatic carbocycles. The van der Waals surface area contributed by atoms with Gasteiger partial charge in [0.2, 0.25) is 11.8 Å². The van der Waals surface area contributed by atoms with Crippen LogP contribution in [0.15, 0.2) is 24.3 Å². The van der Waals surface area contributed by atoms with Crippen molar-refractivity contribution in [2.75, 3.05) is 39.4 Å². The largest absolute Gasteiger partial charge is 0.490 e. The zero-order valence-corrected chi connectivity index (χ0v) is 16.5. The van der Waals surface area contributed by atoms with Crippen LogP contribution in [0.25, 0.3) is 0 Å². The molecule has 3 rings (SSSR count). The average Bonchev–Trinajstić information content (AvgIpc) is 2.73. The summed E-state index contributed by atoms with van der Waals surface area (Å²) in [6.45, 7) is 4.70. The zero-order chi connectivity index (χ0) is 20.0. The molecule has 0 aliphatic carbocycles. The summed E-state index contributed by atoms with van der Waals surface area (Å²) in [6, 6.07) is 5.76. The molecule has 0 radical (unpaired) electrons. The first-order valence-corrected chi connectivity index (χ1v) is 10.1. The van der Waals surface area contributed by atoms with E-state index in [9.17, 15) is 14.0 Å². The first-order chi connectivity index (χ1) is 13.5. The summed E-state index contributed by atoms with van der Waals surface area (Å²) >= 11 is 0. The molecule has 6 nitrogen and oxygen atoms in total. The van der Waals surface area contributed by atoms with Crippen molar-refractivity contribution >= 4 is 11.8 Å². The molecule has 7 heteroatoms. The number of carbonyl (C=O) groups excluding carboxylic acids is 2. The molecule has 2 aliphatic rings. The van der Waals surface area contributed by atoms with E-state index in [4.69, 9.17) is 9.47 Å². The minimum absolute atomic E-state index is 0.0354. The highest BCUT2D eigenvalue weighted by atomic mass is 19.1. The molecule has 0 aromatic heterocycles. The van der Waals surface area contributed by atoms with Crippen LogP contribution in [0.1, 0.15) is 39.0 Å². The van der Waals surface area contributed by atoms with E-state index in [0.29, 0.717) is 31.9 Å². The van der Waals surface area contributed by atoms with Crippen LogP contribution in [0, 0.1) is 5.82 Å². The molecule has 2 saturated heterocycles. The minimum Gasteiger partial charge on any atom is -0.490 e. The van der Waals surface area contributed by atoms with Gasteiger partial charge in [-0.2, -0.15) is 0 Å². The van der Waals surface area contributed by atoms with Gasteiger partial charge in [-0.25, -0.2) is 4.39 Å². The number of hydrogen-bond acceptors (Lipinski definition) is 4. The molecule has 0 saturated carbocycles. The van der Waals surface area contributed by atoms with Crippen molar-refractivity contribution < 1.29 is 23.5 Å². The SMILES string of the molecule is CCC(=O)N1CCOC(COc2ccc(F)cc2)(CC(=O)N2CCCCC2)C1. The lowest BCUT2D eigenvalue weighted by Crippen LogP contribution is -2.58. The molecule has 1 aromatic rings. The second kappa shape index (κ2) is 9.37. The first kappa shape index (κ1) is 20.6. The third kappa shape index (κ3) is 5.22. The van der Waals surface area contributed by atoms with Crippen molar-refractivity contribution in [2.24, 2.45) is 0 Å². The number of amides is 2. The lowest BCUT2D eigenvalue weighted by molar-refractivity contribution is -0.166. The van der Waals surface area contributed by atoms with Gasteiger partial charge in [-0.3, -0.25) is 9.59 Å². The summed E-state index contributed by atoms with van der Waals surface area (Å²) in [5.74, 6) is 0.248. The second-order valence-corrected chi connectivity index (χ2v) is 7.56. The maximum atomic E-state index is 13.1. The number of hydrogen-bond donors (Lipinski definition) is 0. The Bertz CT molecular complexity index is 675. The van der Waals surface area contributed by atoms with Crippen molar-refractivity contribution in [1.29, 1.82) is 0 Å². The Morgan fingerprint density at radius 2 is 1.79 bits per heavy atom. The van der Waals surface area contributed by atoms with Crippen molar-refractivity contribution in [3.8, 4) is 5.75 Å². The molecule has 2 heterocycles. The molecule has 28 heavy (non-hydrogen) atoms. The molecule has 1 atom stereocenters. The number of rotatable bonds is 6. The van der Waals surface area contributed by atoms with Gasteiger partial charge in [0.1, 0.15) is 23.8 Å². The van der Waals surface area contributed by atoms with Crippen LogP contribution >= 0.6 is 0 Å². The molecule has 154 valence electrons. The smallest absolute Gasteiger partial charge is 0.225 e. The van der Waals surface area contributed by atoms with E-state index in [-0.39, 0.29) is 30.7 Å². The number of carbonyl (C=O) groups is 2. The highest BCUT2D eigenvalue weighted by molar-refractivity contribution is 5.78. The number of piperidine rings is 1. The van der Waals surface area contributed by atoms with Gasteiger partial charge in [-0.1, -0.05) is 6.92 Å². The topological polar surface area (TPSA) is 59.1 Å². The van der Waals surface area contributed by atoms with Crippen molar-refractivity contribution in [3.63, 3.8) is 0 Å². The lowest BCUT2D eigenvalue weighted by Gasteiger charge is -2.43. The van der Waals surface area contributed by atoms with Crippen molar-refractivity contribution in [3.05, 3.63) is 30.1 Å². The van der Waals surface area contributed by atoms with Crippen LogP contribution < -0.4 is 4.74 Å². The Morgan fingerprint density at radius 3 is 2.46 bits per heavy atom. The average molecular weight is 392 g/mol. The van der Waals surface area contributed by atoms with Crippen LogP contribution in [0.3, 0.4) is 0 Å². The summed E-state index contributed by atoms with van der Waals surface area (Å²) in [7, 11) is 0. The standard InChI is InChI=1S/C21H29FN2O4/c1-2-19(25)24-12-13-28-21(15-24,14-20(26)23-10-4-3-5-11-23)16-27-18-8-6-17(22)7-9-18/h6-9H,2-5,10-16H2,1H3. The molecule has 2 fully saturated rings. The third-order valence-electron chi connectivity index (χ3n) is 5.40. The molecule has 0 N–H and O–H groups in total. The zero-order valence-electron chi connectivity index (χ0n) is 16.5. The number of halogens is 1. The molecule has 2 aliphatic heterocycles. The Balaban J connectivity index is 1.73. The Morgan fingerprint density at radius 1 is 1.07 bits per heavy atom. The van der Waals surface area contributed by atoms with Crippen LogP contribution in [0.4, 0.5) is 4.39 Å². The number of likely N-dealkylation sites (tertiary alicyclic amines) is 1. The van der Waals surface area contributed by atoms with Gasteiger partial charge in [-0.05, 0) is 43.5 Å². The van der Waals surface area contributed by atoms with Crippen molar-refractivity contribution in [1.82, 2.24) is 9.80 Å². The second-order valence-electron chi connectivity index (χ2n) is 7.56. The fourth-order valence-corrected chi connectivity index (χ4v) is 3.80. The van der Waals surface area contributed by atoms with Crippen LogP contribution in [0.2, 0.25) is 0 Å². The first-order valence-electron chi connectivity index (χ1n) is 10.1. The third-order valence-corrected chi connectivity index (χ3v) is 5.40. The van der Waals surface area contributed by atoms with E-state index < -0.39 is 5.60 Å². The van der Waals surface area contributed by atoms with E-state index in [1.807, 2.05) is 11.8 Å². The predicted molar refractivity (Wildman–Crippen MR) is 102 cm³/mol. The van der Waals surface area contributed by atoms with E-state index in [1.54, 1.807) is 17.0 Å². The minimum atomic E-state index is -0.897. The van der Waals surface area contributed by atoms with E-state index in [2.05, 4.69) is 0 Å². The Kier molecular flexibility index (Phi) is 6.88. The Hall–Kier alpha value is -2.15. The quantitative estimate of drug-likeness (QED) is 0.747. The molecule has 1 unspecified atom stereocenters. The van der Waals surface area contributed by atoms with E-state index in [1.165, 1.54) is 12.1 Å². The van der Waals surface area contributed by atoms with Gasteiger partial charge >= 0.3 is 0 Å². The fraction of sp³-hybridized carbons (Fsp3) is 0.619. The molecule has 0 spiro atoms. The predicted octanol–water partition coefficient (Wildman–Crippen LogP) is 2.61. The van der Waals surface area contributed by atoms with Crippen LogP contribution in [-0.2, 0) is 14.3 Å². The fourth-order valence-electron chi connectivity index (χ4n) is 3.80. The number of benzene rings is 1. The summed E-state index contributed by atoms with van der Waals surface area (Å²) in [4.78, 5) is 28.8. The van der Waals surface area contributed by atoms with Crippen LogP contribution in [0.5, 0.6) is 5.75 Å². The maximum absolute atomic E-state index is 13.1. The summed E-state index contributed by atoms with van der Waals surface area (Å²) in [5.41, 5.74) is -0.897. The van der Waals surface area contributed by atoms with Gasteiger partial charge < -0.3 is 19.3 Å². The summed E-state index contributed by atoms with van der Waals surface area (Å²) < 4.78 is 25.0. The van der Waals surface area contributed by atoms with Crippen LogP contribution in [-0.4, -0.2) is 66.6 Å². The number of morpholine rings is 1. The van der Waals surface area contributed by atoms with Gasteiger partial charge in [0.25, 0.3) is 0 Å². The molecular formula is C21H29FN2O4. The molecule has 0 bridgehead atoms. The highest BCUT2D eigenvalue weighted by Crippen LogP contribution is 2.26.